The van der Waals surface area contributed by atoms with Crippen LogP contribution in [0.5, 0.6) is 0 Å². The zero-order valence-electron chi connectivity index (χ0n) is 13.3. The van der Waals surface area contributed by atoms with Crippen molar-refractivity contribution in [2.24, 2.45) is 11.8 Å². The molecule has 116 valence electrons. The number of hydrogen-bond donors (Lipinski definition) is 0. The molecule has 3 heteroatoms. The molecule has 3 nitrogen and oxygen atoms in total. The zero-order valence-corrected chi connectivity index (χ0v) is 13.3. The highest BCUT2D eigenvalue weighted by molar-refractivity contribution is 5.82. The van der Waals surface area contributed by atoms with Gasteiger partial charge in [0, 0.05) is 18.3 Å². The lowest BCUT2D eigenvalue weighted by Crippen LogP contribution is -2.52. The number of unbranched alkanes of at least 4 members (excludes halogenated alkanes) is 5. The number of Topliss-reactive ketones (excluding diaryl/α,β-unsaturated/α-hetero) is 1. The van der Waals surface area contributed by atoms with Crippen LogP contribution in [-0.4, -0.2) is 17.5 Å². The number of ketones is 1. The van der Waals surface area contributed by atoms with E-state index in [1.165, 1.54) is 38.5 Å². The van der Waals surface area contributed by atoms with Gasteiger partial charge in [-0.15, -0.1) is 0 Å². The van der Waals surface area contributed by atoms with E-state index in [2.05, 4.69) is 13.8 Å². The summed E-state index contributed by atoms with van der Waals surface area (Å²) < 4.78 is 0. The normalized spacial score (nSPS) is 37.1. The molecule has 0 amide bonds. The van der Waals surface area contributed by atoms with E-state index in [0.29, 0.717) is 18.1 Å². The largest absolute Gasteiger partial charge is 0.299 e. The number of carbonyl (C=O) groups excluding carboxylic acids is 1. The fourth-order valence-electron chi connectivity index (χ4n) is 3.53. The van der Waals surface area contributed by atoms with E-state index in [0.717, 1.165) is 12.8 Å². The second-order valence-electron chi connectivity index (χ2n) is 6.94. The van der Waals surface area contributed by atoms with Crippen LogP contribution in [0.2, 0.25) is 0 Å². The summed E-state index contributed by atoms with van der Waals surface area (Å²) in [4.78, 5) is 23.3. The quantitative estimate of drug-likeness (QED) is 0.511. The third kappa shape index (κ3) is 3.62. The maximum absolute atomic E-state index is 12.0. The Labute approximate surface area is 123 Å². The smallest absolute Gasteiger partial charge is 0.138 e. The van der Waals surface area contributed by atoms with Gasteiger partial charge in [-0.3, -0.25) is 4.79 Å². The molecule has 0 radical (unpaired) electrons. The van der Waals surface area contributed by atoms with Crippen molar-refractivity contribution < 1.29 is 14.6 Å². The minimum absolute atomic E-state index is 0.00449. The van der Waals surface area contributed by atoms with Crippen molar-refractivity contribution in [2.75, 3.05) is 0 Å². The van der Waals surface area contributed by atoms with E-state index in [1.807, 2.05) is 6.92 Å². The van der Waals surface area contributed by atoms with Gasteiger partial charge in [-0.05, 0) is 19.8 Å². The molecule has 0 spiro atoms. The summed E-state index contributed by atoms with van der Waals surface area (Å²) in [6.45, 7) is 6.33. The summed E-state index contributed by atoms with van der Waals surface area (Å²) in [5.41, 5.74) is -0.253. The van der Waals surface area contributed by atoms with Crippen LogP contribution in [0.15, 0.2) is 0 Å². The molecule has 1 aliphatic heterocycles. The summed E-state index contributed by atoms with van der Waals surface area (Å²) in [6, 6.07) is 0. The van der Waals surface area contributed by atoms with E-state index in [9.17, 15) is 4.79 Å². The van der Waals surface area contributed by atoms with E-state index >= 15 is 0 Å². The van der Waals surface area contributed by atoms with Crippen molar-refractivity contribution in [3.05, 3.63) is 0 Å². The van der Waals surface area contributed by atoms with Gasteiger partial charge in [0.15, 0.2) is 0 Å². The lowest BCUT2D eigenvalue weighted by Gasteiger charge is -2.47. The van der Waals surface area contributed by atoms with Crippen molar-refractivity contribution in [2.45, 2.75) is 90.3 Å². The standard InChI is InChI=1S/C17H30O3/c1-4-5-6-7-8-9-10-17(3)14-11-15(18)13(2)16(12-14)19-20-17/h13-14,16H,4-12H2,1-3H3/t13-,14+,16+,17+/m0/s1. The van der Waals surface area contributed by atoms with Gasteiger partial charge in [0.2, 0.25) is 0 Å². The Morgan fingerprint density at radius 2 is 1.90 bits per heavy atom. The fraction of sp³-hybridized carbons (Fsp3) is 0.941. The summed E-state index contributed by atoms with van der Waals surface area (Å²) in [5, 5.41) is 0. The highest BCUT2D eigenvalue weighted by Gasteiger charge is 2.49. The molecule has 0 unspecified atom stereocenters. The molecule has 0 N–H and O–H groups in total. The first kappa shape index (κ1) is 16.0. The van der Waals surface area contributed by atoms with Crippen LogP contribution >= 0.6 is 0 Å². The molecular weight excluding hydrogens is 252 g/mol. The molecular formula is C17H30O3. The van der Waals surface area contributed by atoms with Crippen LogP contribution in [0, 0.1) is 11.8 Å². The molecule has 2 rings (SSSR count). The Hall–Kier alpha value is -0.410. The Kier molecular flexibility index (Phi) is 5.62. The molecule has 0 aromatic rings. The molecule has 1 aliphatic carbocycles. The van der Waals surface area contributed by atoms with E-state index in [-0.39, 0.29) is 17.6 Å². The highest BCUT2D eigenvalue weighted by Crippen LogP contribution is 2.44. The van der Waals surface area contributed by atoms with Crippen LogP contribution in [0.4, 0.5) is 0 Å². The van der Waals surface area contributed by atoms with Gasteiger partial charge in [-0.25, -0.2) is 9.78 Å². The number of hydrogen-bond acceptors (Lipinski definition) is 3. The SMILES string of the molecule is CCCCCCCC[C@@]1(C)OO[C@@H]2C[C@H]1CC(=O)[C@@H]2C. The van der Waals surface area contributed by atoms with Gasteiger partial charge in [0.05, 0.1) is 0 Å². The average molecular weight is 282 g/mol. The molecule has 0 aromatic carbocycles. The van der Waals surface area contributed by atoms with Gasteiger partial charge >= 0.3 is 0 Å². The van der Waals surface area contributed by atoms with Gasteiger partial charge < -0.3 is 0 Å². The van der Waals surface area contributed by atoms with E-state index in [1.54, 1.807) is 0 Å². The monoisotopic (exact) mass is 282 g/mol. The Balaban J connectivity index is 1.77. The van der Waals surface area contributed by atoms with Crippen molar-refractivity contribution in [1.29, 1.82) is 0 Å². The molecule has 2 bridgehead atoms. The second kappa shape index (κ2) is 7.04. The predicted octanol–water partition coefficient (Wildman–Crippen LogP) is 4.44. The first-order chi connectivity index (χ1) is 9.57. The first-order valence-corrected chi connectivity index (χ1v) is 8.44. The van der Waals surface area contributed by atoms with Crippen molar-refractivity contribution >= 4 is 5.78 Å². The molecule has 1 heterocycles. The van der Waals surface area contributed by atoms with Gasteiger partial charge in [-0.2, -0.15) is 0 Å². The minimum Gasteiger partial charge on any atom is -0.299 e. The Bertz CT molecular complexity index is 328. The third-order valence-corrected chi connectivity index (χ3v) is 5.28. The van der Waals surface area contributed by atoms with Crippen LogP contribution in [-0.2, 0) is 14.6 Å². The molecule has 1 saturated heterocycles. The van der Waals surface area contributed by atoms with Crippen molar-refractivity contribution in [3.63, 3.8) is 0 Å². The maximum atomic E-state index is 12.0. The molecule has 2 fully saturated rings. The lowest BCUT2D eigenvalue weighted by atomic mass is 9.70. The third-order valence-electron chi connectivity index (χ3n) is 5.28. The summed E-state index contributed by atoms with van der Waals surface area (Å²) in [5.74, 6) is 0.703. The summed E-state index contributed by atoms with van der Waals surface area (Å²) >= 11 is 0. The topological polar surface area (TPSA) is 35.5 Å². The molecule has 1 saturated carbocycles. The fourth-order valence-corrected chi connectivity index (χ4v) is 3.53. The van der Waals surface area contributed by atoms with Gasteiger partial charge in [0.1, 0.15) is 17.5 Å². The number of fused-ring (bicyclic) bond motifs is 2. The minimum atomic E-state index is -0.253. The van der Waals surface area contributed by atoms with Gasteiger partial charge in [-0.1, -0.05) is 52.4 Å². The first-order valence-electron chi connectivity index (χ1n) is 8.44. The molecule has 20 heavy (non-hydrogen) atoms. The molecule has 0 aromatic heterocycles. The van der Waals surface area contributed by atoms with Crippen LogP contribution in [0.3, 0.4) is 0 Å². The number of carbonyl (C=O) groups is 1. The van der Waals surface area contributed by atoms with Crippen LogP contribution < -0.4 is 0 Å². The van der Waals surface area contributed by atoms with Crippen molar-refractivity contribution in [1.82, 2.24) is 0 Å². The highest BCUT2D eigenvalue weighted by atomic mass is 17.2. The summed E-state index contributed by atoms with van der Waals surface area (Å²) in [6.07, 6.45) is 10.4. The van der Waals surface area contributed by atoms with Crippen molar-refractivity contribution in [3.8, 4) is 0 Å². The average Bonchev–Trinajstić information content (AvgIpc) is 2.43. The van der Waals surface area contributed by atoms with Gasteiger partial charge in [0.25, 0.3) is 0 Å². The Morgan fingerprint density at radius 3 is 2.65 bits per heavy atom. The van der Waals surface area contributed by atoms with Crippen LogP contribution in [0.1, 0.15) is 78.6 Å². The molecule has 2 aliphatic rings. The maximum Gasteiger partial charge on any atom is 0.138 e. The second-order valence-corrected chi connectivity index (χ2v) is 6.94. The zero-order chi connectivity index (χ0) is 14.6. The van der Waals surface area contributed by atoms with E-state index in [4.69, 9.17) is 9.78 Å². The van der Waals surface area contributed by atoms with E-state index < -0.39 is 0 Å². The molecule has 4 atom stereocenters. The summed E-state index contributed by atoms with van der Waals surface area (Å²) in [7, 11) is 0. The number of rotatable bonds is 7. The Morgan fingerprint density at radius 1 is 1.20 bits per heavy atom. The lowest BCUT2D eigenvalue weighted by molar-refractivity contribution is -0.429. The van der Waals surface area contributed by atoms with Crippen LogP contribution in [0.25, 0.3) is 0 Å². The predicted molar refractivity (Wildman–Crippen MR) is 79.3 cm³/mol.